The molecular weight excluding hydrogens is 445 g/mol. The fourth-order valence-corrected chi connectivity index (χ4v) is 4.09. The van der Waals surface area contributed by atoms with Gasteiger partial charge in [0.15, 0.2) is 0 Å². The van der Waals surface area contributed by atoms with E-state index in [1.165, 1.54) is 23.1 Å². The van der Waals surface area contributed by atoms with Gasteiger partial charge >= 0.3 is 0 Å². The van der Waals surface area contributed by atoms with E-state index in [2.05, 4.69) is 5.32 Å². The minimum absolute atomic E-state index is 0.0404. The average Bonchev–Trinajstić information content (AvgIpc) is 2.73. The predicted molar refractivity (Wildman–Crippen MR) is 128 cm³/mol. The van der Waals surface area contributed by atoms with Crippen LogP contribution in [0.15, 0.2) is 48.5 Å². The monoisotopic (exact) mass is 477 g/mol. The molecule has 0 saturated heterocycles. The van der Waals surface area contributed by atoms with E-state index >= 15 is 0 Å². The smallest absolute Gasteiger partial charge is 0.244 e. The number of carbonyl (C=O) groups is 2. The SMILES string of the molecule is Cc1ccccc1CN(C(=O)CN(c1cccc(F)c1)S(C)(=O)=O)[C@@H](C)C(=O)NCC(C)C. The molecule has 1 atom stereocenters. The number of aryl methyl sites for hydroxylation is 1. The van der Waals surface area contributed by atoms with E-state index in [1.807, 2.05) is 45.0 Å². The second-order valence-corrected chi connectivity index (χ2v) is 10.4. The molecule has 0 bridgehead atoms. The van der Waals surface area contributed by atoms with Crippen molar-refractivity contribution >= 4 is 27.5 Å². The zero-order chi connectivity index (χ0) is 24.8. The molecule has 0 fully saturated rings. The topological polar surface area (TPSA) is 86.8 Å². The Labute approximate surface area is 195 Å². The van der Waals surface area contributed by atoms with Gasteiger partial charge in [0.1, 0.15) is 18.4 Å². The number of benzene rings is 2. The molecule has 0 aliphatic carbocycles. The van der Waals surface area contributed by atoms with Crippen LogP contribution in [-0.2, 0) is 26.2 Å². The number of nitrogens with one attached hydrogen (secondary N) is 1. The Bertz CT molecular complexity index is 1090. The van der Waals surface area contributed by atoms with Crippen molar-refractivity contribution in [1.29, 1.82) is 0 Å². The Kier molecular flexibility index (Phi) is 8.99. The molecule has 1 N–H and O–H groups in total. The molecule has 2 amide bonds. The van der Waals surface area contributed by atoms with Crippen LogP contribution in [0.25, 0.3) is 0 Å². The van der Waals surface area contributed by atoms with Gasteiger partial charge in [0.2, 0.25) is 21.8 Å². The number of sulfonamides is 1. The number of amides is 2. The number of anilines is 1. The van der Waals surface area contributed by atoms with E-state index in [0.717, 1.165) is 27.8 Å². The molecule has 2 aromatic carbocycles. The number of hydrogen-bond donors (Lipinski definition) is 1. The van der Waals surface area contributed by atoms with E-state index < -0.39 is 34.3 Å². The predicted octanol–water partition coefficient (Wildman–Crippen LogP) is 3.09. The van der Waals surface area contributed by atoms with Gasteiger partial charge in [-0.2, -0.15) is 0 Å². The molecule has 0 aliphatic rings. The average molecular weight is 478 g/mol. The first kappa shape index (κ1) is 26.3. The zero-order valence-corrected chi connectivity index (χ0v) is 20.5. The van der Waals surface area contributed by atoms with Gasteiger partial charge in [-0.25, -0.2) is 12.8 Å². The number of hydrogen-bond acceptors (Lipinski definition) is 4. The summed E-state index contributed by atoms with van der Waals surface area (Å²) < 4.78 is 39.5. The lowest BCUT2D eigenvalue weighted by Crippen LogP contribution is -2.51. The van der Waals surface area contributed by atoms with Crippen molar-refractivity contribution < 1.29 is 22.4 Å². The lowest BCUT2D eigenvalue weighted by atomic mass is 10.1. The molecule has 2 aromatic rings. The standard InChI is InChI=1S/C24H32FN3O4S/c1-17(2)14-26-24(30)19(4)27(15-20-10-7-6-9-18(20)3)23(29)16-28(33(5,31)32)22-12-8-11-21(25)13-22/h6-13,17,19H,14-16H2,1-5H3,(H,26,30)/t19-/m0/s1. The quantitative estimate of drug-likeness (QED) is 0.570. The highest BCUT2D eigenvalue weighted by Crippen LogP contribution is 2.20. The third-order valence-electron chi connectivity index (χ3n) is 5.23. The molecule has 0 aliphatic heterocycles. The van der Waals surface area contributed by atoms with Crippen molar-refractivity contribution in [2.45, 2.75) is 40.3 Å². The summed E-state index contributed by atoms with van der Waals surface area (Å²) in [6.07, 6.45) is 0.954. The Morgan fingerprint density at radius 2 is 1.73 bits per heavy atom. The molecule has 0 radical (unpaired) electrons. The van der Waals surface area contributed by atoms with E-state index in [1.54, 1.807) is 6.92 Å². The van der Waals surface area contributed by atoms with Gasteiger partial charge in [0.25, 0.3) is 0 Å². The van der Waals surface area contributed by atoms with Gasteiger partial charge in [-0.15, -0.1) is 0 Å². The molecule has 180 valence electrons. The lowest BCUT2D eigenvalue weighted by molar-refractivity contribution is -0.139. The highest BCUT2D eigenvalue weighted by atomic mass is 32.2. The van der Waals surface area contributed by atoms with E-state index in [9.17, 15) is 22.4 Å². The van der Waals surface area contributed by atoms with Gasteiger partial charge in [-0.3, -0.25) is 13.9 Å². The van der Waals surface area contributed by atoms with Crippen LogP contribution in [0.4, 0.5) is 10.1 Å². The third-order valence-corrected chi connectivity index (χ3v) is 6.37. The van der Waals surface area contributed by atoms with Crippen LogP contribution in [0, 0.1) is 18.7 Å². The molecule has 0 unspecified atom stereocenters. The summed E-state index contributed by atoms with van der Waals surface area (Å²) in [4.78, 5) is 27.5. The second-order valence-electron chi connectivity index (χ2n) is 8.51. The number of rotatable bonds is 10. The minimum atomic E-state index is -3.89. The summed E-state index contributed by atoms with van der Waals surface area (Å²) in [5.41, 5.74) is 1.82. The second kappa shape index (κ2) is 11.3. The maximum absolute atomic E-state index is 13.8. The van der Waals surface area contributed by atoms with Crippen LogP contribution in [0.3, 0.4) is 0 Å². The van der Waals surface area contributed by atoms with Crippen molar-refractivity contribution in [2.24, 2.45) is 5.92 Å². The first-order chi connectivity index (χ1) is 15.4. The molecule has 0 saturated carbocycles. The number of nitrogens with zero attached hydrogens (tertiary/aromatic N) is 2. The van der Waals surface area contributed by atoms with Crippen LogP contribution in [0.5, 0.6) is 0 Å². The van der Waals surface area contributed by atoms with Crippen molar-refractivity contribution in [3.8, 4) is 0 Å². The highest BCUT2D eigenvalue weighted by Gasteiger charge is 2.30. The number of halogens is 1. The maximum atomic E-state index is 13.8. The summed E-state index contributed by atoms with van der Waals surface area (Å²) in [6.45, 7) is 7.46. The van der Waals surface area contributed by atoms with Crippen LogP contribution in [-0.4, -0.2) is 50.5 Å². The molecule has 2 rings (SSSR count). The molecule has 7 nitrogen and oxygen atoms in total. The van der Waals surface area contributed by atoms with Crippen molar-refractivity contribution in [2.75, 3.05) is 23.7 Å². The largest absolute Gasteiger partial charge is 0.354 e. The van der Waals surface area contributed by atoms with Gasteiger partial charge in [-0.1, -0.05) is 44.2 Å². The molecule has 33 heavy (non-hydrogen) atoms. The van der Waals surface area contributed by atoms with Gasteiger partial charge in [-0.05, 0) is 49.1 Å². The fourth-order valence-electron chi connectivity index (χ4n) is 3.25. The first-order valence-corrected chi connectivity index (χ1v) is 12.6. The molecule has 0 spiro atoms. The summed E-state index contributed by atoms with van der Waals surface area (Å²) in [5.74, 6) is -1.29. The lowest BCUT2D eigenvalue weighted by Gasteiger charge is -2.32. The summed E-state index contributed by atoms with van der Waals surface area (Å²) >= 11 is 0. The normalized spacial score (nSPS) is 12.3. The van der Waals surface area contributed by atoms with E-state index in [-0.39, 0.29) is 24.1 Å². The zero-order valence-electron chi connectivity index (χ0n) is 19.7. The minimum Gasteiger partial charge on any atom is -0.354 e. The van der Waals surface area contributed by atoms with Crippen LogP contribution in [0.1, 0.15) is 31.9 Å². The molecular formula is C24H32FN3O4S. The summed E-state index contributed by atoms with van der Waals surface area (Å²) in [5, 5.41) is 2.83. The Morgan fingerprint density at radius 1 is 1.06 bits per heavy atom. The third kappa shape index (κ3) is 7.56. The van der Waals surface area contributed by atoms with Crippen molar-refractivity contribution in [3.63, 3.8) is 0 Å². The van der Waals surface area contributed by atoms with Crippen molar-refractivity contribution in [1.82, 2.24) is 10.2 Å². The summed E-state index contributed by atoms with van der Waals surface area (Å²) in [7, 11) is -3.89. The Morgan fingerprint density at radius 3 is 2.30 bits per heavy atom. The van der Waals surface area contributed by atoms with Gasteiger partial charge < -0.3 is 10.2 Å². The Hall–Kier alpha value is -2.94. The van der Waals surface area contributed by atoms with Crippen LogP contribution in [0.2, 0.25) is 0 Å². The van der Waals surface area contributed by atoms with Gasteiger partial charge in [0.05, 0.1) is 11.9 Å². The van der Waals surface area contributed by atoms with Crippen LogP contribution >= 0.6 is 0 Å². The first-order valence-electron chi connectivity index (χ1n) is 10.7. The molecule has 0 heterocycles. The molecule has 9 heteroatoms. The van der Waals surface area contributed by atoms with Gasteiger partial charge in [0, 0.05) is 13.1 Å². The van der Waals surface area contributed by atoms with Crippen molar-refractivity contribution in [3.05, 3.63) is 65.5 Å². The van der Waals surface area contributed by atoms with E-state index in [4.69, 9.17) is 0 Å². The summed E-state index contributed by atoms with van der Waals surface area (Å²) in [6, 6.07) is 11.7. The van der Waals surface area contributed by atoms with Crippen LogP contribution < -0.4 is 9.62 Å². The number of carbonyl (C=O) groups excluding carboxylic acids is 2. The fraction of sp³-hybridized carbons (Fsp3) is 0.417. The molecule has 0 aromatic heterocycles. The Balaban J connectivity index is 2.38. The highest BCUT2D eigenvalue weighted by molar-refractivity contribution is 7.92. The maximum Gasteiger partial charge on any atom is 0.244 e. The van der Waals surface area contributed by atoms with E-state index in [0.29, 0.717) is 6.54 Å².